The molecule has 8 heteroatoms. The molecule has 1 unspecified atom stereocenters. The second-order valence-electron chi connectivity index (χ2n) is 7.61. The predicted octanol–water partition coefficient (Wildman–Crippen LogP) is 3.72. The van der Waals surface area contributed by atoms with Crippen LogP contribution in [0.3, 0.4) is 0 Å². The zero-order chi connectivity index (χ0) is 22.3. The molecule has 32 heavy (non-hydrogen) atoms. The SMILES string of the molecule is Cc1ccccc1C(=O)Nc1ccc(OCc2cc(C(=O)NCC3CCCO3)no2)cc1. The van der Waals surface area contributed by atoms with E-state index in [0.29, 0.717) is 29.3 Å². The Balaban J connectivity index is 1.26. The molecular formula is C24H25N3O5. The zero-order valence-corrected chi connectivity index (χ0v) is 17.8. The summed E-state index contributed by atoms with van der Waals surface area (Å²) < 4.78 is 16.4. The van der Waals surface area contributed by atoms with E-state index in [-0.39, 0.29) is 30.2 Å². The lowest BCUT2D eigenvalue weighted by Gasteiger charge is -2.09. The van der Waals surface area contributed by atoms with Crippen molar-refractivity contribution in [2.24, 2.45) is 0 Å². The molecule has 166 valence electrons. The maximum absolute atomic E-state index is 12.4. The van der Waals surface area contributed by atoms with Crippen molar-refractivity contribution in [3.8, 4) is 5.75 Å². The van der Waals surface area contributed by atoms with Crippen molar-refractivity contribution < 1.29 is 23.6 Å². The Labute approximate surface area is 185 Å². The average Bonchev–Trinajstić information content (AvgIpc) is 3.49. The van der Waals surface area contributed by atoms with Crippen LogP contribution in [-0.4, -0.2) is 36.2 Å². The third-order valence-corrected chi connectivity index (χ3v) is 5.19. The van der Waals surface area contributed by atoms with E-state index < -0.39 is 0 Å². The van der Waals surface area contributed by atoms with E-state index in [1.165, 1.54) is 0 Å². The van der Waals surface area contributed by atoms with Crippen molar-refractivity contribution in [3.05, 3.63) is 77.2 Å². The Morgan fingerprint density at radius 1 is 1.12 bits per heavy atom. The summed E-state index contributed by atoms with van der Waals surface area (Å²) in [5, 5.41) is 9.48. The molecule has 0 saturated carbocycles. The number of nitrogens with zero attached hydrogens (tertiary/aromatic N) is 1. The summed E-state index contributed by atoms with van der Waals surface area (Å²) in [7, 11) is 0. The van der Waals surface area contributed by atoms with Gasteiger partial charge >= 0.3 is 0 Å². The number of benzene rings is 2. The lowest BCUT2D eigenvalue weighted by molar-refractivity contribution is 0.0850. The van der Waals surface area contributed by atoms with E-state index in [0.717, 1.165) is 25.0 Å². The van der Waals surface area contributed by atoms with Crippen LogP contribution < -0.4 is 15.4 Å². The predicted molar refractivity (Wildman–Crippen MR) is 118 cm³/mol. The van der Waals surface area contributed by atoms with Gasteiger partial charge in [-0.2, -0.15) is 0 Å². The number of aryl methyl sites for hydroxylation is 1. The molecule has 1 aliphatic heterocycles. The van der Waals surface area contributed by atoms with E-state index in [4.69, 9.17) is 14.0 Å². The maximum Gasteiger partial charge on any atom is 0.273 e. The van der Waals surface area contributed by atoms with Crippen LogP contribution >= 0.6 is 0 Å². The molecule has 0 spiro atoms. The lowest BCUT2D eigenvalue weighted by Crippen LogP contribution is -2.31. The molecule has 2 aromatic carbocycles. The molecule has 1 saturated heterocycles. The summed E-state index contributed by atoms with van der Waals surface area (Å²) in [5.41, 5.74) is 2.41. The van der Waals surface area contributed by atoms with Gasteiger partial charge in [-0.15, -0.1) is 0 Å². The second-order valence-corrected chi connectivity index (χ2v) is 7.61. The molecule has 1 aromatic heterocycles. The van der Waals surface area contributed by atoms with Gasteiger partial charge in [-0.05, 0) is 55.7 Å². The highest BCUT2D eigenvalue weighted by Crippen LogP contribution is 2.19. The Morgan fingerprint density at radius 3 is 2.69 bits per heavy atom. The molecule has 0 radical (unpaired) electrons. The largest absolute Gasteiger partial charge is 0.486 e. The first-order chi connectivity index (χ1) is 15.6. The molecule has 8 nitrogen and oxygen atoms in total. The molecule has 2 heterocycles. The molecule has 1 fully saturated rings. The highest BCUT2D eigenvalue weighted by molar-refractivity contribution is 6.05. The van der Waals surface area contributed by atoms with Crippen molar-refractivity contribution in [3.63, 3.8) is 0 Å². The monoisotopic (exact) mass is 435 g/mol. The van der Waals surface area contributed by atoms with Gasteiger partial charge < -0.3 is 24.6 Å². The van der Waals surface area contributed by atoms with Gasteiger partial charge in [-0.1, -0.05) is 23.4 Å². The second kappa shape index (κ2) is 10.1. The van der Waals surface area contributed by atoms with Gasteiger partial charge in [-0.3, -0.25) is 9.59 Å². The topological polar surface area (TPSA) is 103 Å². The average molecular weight is 435 g/mol. The highest BCUT2D eigenvalue weighted by atomic mass is 16.5. The fourth-order valence-corrected chi connectivity index (χ4v) is 3.41. The van der Waals surface area contributed by atoms with E-state index in [2.05, 4.69) is 15.8 Å². The van der Waals surface area contributed by atoms with Gasteiger partial charge in [-0.25, -0.2) is 0 Å². The van der Waals surface area contributed by atoms with Crippen molar-refractivity contribution >= 4 is 17.5 Å². The Hall–Kier alpha value is -3.65. The number of carbonyl (C=O) groups excluding carboxylic acids is 2. The van der Waals surface area contributed by atoms with Gasteiger partial charge in [0.1, 0.15) is 12.4 Å². The third kappa shape index (κ3) is 5.53. The minimum absolute atomic E-state index is 0.0677. The number of ether oxygens (including phenoxy) is 2. The van der Waals surface area contributed by atoms with Crippen molar-refractivity contribution in [2.75, 3.05) is 18.5 Å². The Bertz CT molecular complexity index is 1070. The number of amides is 2. The Morgan fingerprint density at radius 2 is 1.94 bits per heavy atom. The lowest BCUT2D eigenvalue weighted by atomic mass is 10.1. The van der Waals surface area contributed by atoms with Crippen LogP contribution in [0.15, 0.2) is 59.1 Å². The molecule has 2 amide bonds. The highest BCUT2D eigenvalue weighted by Gasteiger charge is 2.18. The zero-order valence-electron chi connectivity index (χ0n) is 17.8. The van der Waals surface area contributed by atoms with Gasteiger partial charge in [0.15, 0.2) is 11.5 Å². The molecule has 1 aliphatic rings. The van der Waals surface area contributed by atoms with Crippen LogP contribution in [-0.2, 0) is 11.3 Å². The molecule has 3 aromatic rings. The summed E-state index contributed by atoms with van der Waals surface area (Å²) in [5.74, 6) is 0.567. The maximum atomic E-state index is 12.4. The van der Waals surface area contributed by atoms with Gasteiger partial charge in [0.05, 0.1) is 6.10 Å². The standard InChI is InChI=1S/C24H25N3O5/c1-16-5-2-3-7-21(16)23(28)26-17-8-10-18(11-9-17)31-15-20-13-22(27-32-20)24(29)25-14-19-6-4-12-30-19/h2-3,5,7-11,13,19H,4,6,12,14-15H2,1H3,(H,25,29)(H,26,28). The van der Waals surface area contributed by atoms with E-state index in [1.54, 1.807) is 36.4 Å². The summed E-state index contributed by atoms with van der Waals surface area (Å²) in [4.78, 5) is 24.6. The Kier molecular flexibility index (Phi) is 6.81. The fraction of sp³-hybridized carbons (Fsp3) is 0.292. The number of rotatable bonds is 8. The van der Waals surface area contributed by atoms with Crippen LogP contribution in [0.2, 0.25) is 0 Å². The van der Waals surface area contributed by atoms with Gasteiger partial charge in [0, 0.05) is 30.5 Å². The molecule has 0 aliphatic carbocycles. The van der Waals surface area contributed by atoms with Crippen LogP contribution in [0, 0.1) is 6.92 Å². The number of hydrogen-bond acceptors (Lipinski definition) is 6. The number of carbonyl (C=O) groups is 2. The van der Waals surface area contributed by atoms with E-state index >= 15 is 0 Å². The van der Waals surface area contributed by atoms with Gasteiger partial charge in [0.2, 0.25) is 0 Å². The minimum Gasteiger partial charge on any atom is -0.486 e. The van der Waals surface area contributed by atoms with E-state index in [9.17, 15) is 9.59 Å². The first-order valence-electron chi connectivity index (χ1n) is 10.5. The van der Waals surface area contributed by atoms with Crippen LogP contribution in [0.1, 0.15) is 45.0 Å². The molecule has 2 N–H and O–H groups in total. The number of anilines is 1. The van der Waals surface area contributed by atoms with Crippen molar-refractivity contribution in [2.45, 2.75) is 32.5 Å². The summed E-state index contributed by atoms with van der Waals surface area (Å²) >= 11 is 0. The first-order valence-corrected chi connectivity index (χ1v) is 10.5. The smallest absolute Gasteiger partial charge is 0.273 e. The normalized spacial score (nSPS) is 15.3. The number of aromatic nitrogens is 1. The van der Waals surface area contributed by atoms with Gasteiger partial charge in [0.25, 0.3) is 11.8 Å². The quantitative estimate of drug-likeness (QED) is 0.559. The number of nitrogens with one attached hydrogen (secondary N) is 2. The molecule has 4 rings (SSSR count). The summed E-state index contributed by atoms with van der Waals surface area (Å²) in [6, 6.07) is 16.0. The molecular weight excluding hydrogens is 410 g/mol. The fourth-order valence-electron chi connectivity index (χ4n) is 3.41. The number of hydrogen-bond donors (Lipinski definition) is 2. The van der Waals surface area contributed by atoms with Crippen LogP contribution in [0.25, 0.3) is 0 Å². The molecule has 0 bridgehead atoms. The molecule has 1 atom stereocenters. The van der Waals surface area contributed by atoms with Crippen LogP contribution in [0.4, 0.5) is 5.69 Å². The first kappa shape index (κ1) is 21.6. The van der Waals surface area contributed by atoms with Crippen molar-refractivity contribution in [1.82, 2.24) is 10.5 Å². The van der Waals surface area contributed by atoms with Crippen molar-refractivity contribution in [1.29, 1.82) is 0 Å². The van der Waals surface area contributed by atoms with E-state index in [1.807, 2.05) is 25.1 Å². The summed E-state index contributed by atoms with van der Waals surface area (Å²) in [6.45, 7) is 3.23. The summed E-state index contributed by atoms with van der Waals surface area (Å²) in [6.07, 6.45) is 2.04. The third-order valence-electron chi connectivity index (χ3n) is 5.19. The van der Waals surface area contributed by atoms with Crippen LogP contribution in [0.5, 0.6) is 5.75 Å². The minimum atomic E-state index is -0.302.